The van der Waals surface area contributed by atoms with Gasteiger partial charge in [0, 0.05) is 36.3 Å². The van der Waals surface area contributed by atoms with Gasteiger partial charge in [0.15, 0.2) is 0 Å². The number of aromatic nitrogens is 3. The summed E-state index contributed by atoms with van der Waals surface area (Å²) in [4.78, 5) is 2.61. The predicted octanol–water partition coefficient (Wildman–Crippen LogP) is 2.62. The van der Waals surface area contributed by atoms with Gasteiger partial charge in [-0.2, -0.15) is 15.4 Å². The number of rotatable bonds is 2. The van der Waals surface area contributed by atoms with Gasteiger partial charge in [-0.3, -0.25) is 4.90 Å². The Bertz CT molecular complexity index is 636. The molecule has 1 aromatic heterocycles. The molecule has 2 fully saturated rings. The summed E-state index contributed by atoms with van der Waals surface area (Å²) in [6, 6.07) is 8.84. The van der Waals surface area contributed by atoms with Crippen molar-refractivity contribution in [2.24, 2.45) is 0 Å². The van der Waals surface area contributed by atoms with Crippen molar-refractivity contribution in [3.8, 4) is 11.3 Å². The highest BCUT2D eigenvalue weighted by atomic mass is 35.5. The molecular formula is C16H20ClN5. The summed E-state index contributed by atoms with van der Waals surface area (Å²) in [6.45, 7) is 3.23. The van der Waals surface area contributed by atoms with E-state index in [1.54, 1.807) is 0 Å². The quantitative estimate of drug-likeness (QED) is 0.894. The molecule has 0 unspecified atom stereocenters. The largest absolute Gasteiger partial charge is 0.314 e. The molecule has 0 saturated carbocycles. The first-order valence-corrected chi connectivity index (χ1v) is 8.34. The zero-order chi connectivity index (χ0) is 14.9. The highest BCUT2D eigenvalue weighted by Crippen LogP contribution is 2.37. The minimum atomic E-state index is 0.366. The van der Waals surface area contributed by atoms with E-state index in [9.17, 15) is 0 Å². The maximum atomic E-state index is 5.99. The lowest BCUT2D eigenvalue weighted by Gasteiger charge is -2.44. The van der Waals surface area contributed by atoms with Gasteiger partial charge in [-0.25, -0.2) is 0 Å². The molecule has 5 nitrogen and oxygen atoms in total. The molecule has 2 aliphatic rings. The number of nitrogens with zero attached hydrogens (tertiary/aromatic N) is 3. The number of piperazine rings is 1. The maximum absolute atomic E-state index is 5.99. The van der Waals surface area contributed by atoms with Gasteiger partial charge < -0.3 is 5.32 Å². The smallest absolute Gasteiger partial charge is 0.117 e. The molecule has 0 aliphatic carbocycles. The van der Waals surface area contributed by atoms with Crippen molar-refractivity contribution in [3.63, 3.8) is 0 Å². The average Bonchev–Trinajstić information content (AvgIpc) is 3.04. The number of aromatic amines is 1. The highest BCUT2D eigenvalue weighted by Gasteiger charge is 2.35. The van der Waals surface area contributed by atoms with Crippen LogP contribution in [0.4, 0.5) is 0 Å². The lowest BCUT2D eigenvalue weighted by atomic mass is 9.90. The predicted molar refractivity (Wildman–Crippen MR) is 86.8 cm³/mol. The molecule has 2 aliphatic heterocycles. The van der Waals surface area contributed by atoms with Crippen LogP contribution in [-0.4, -0.2) is 46.0 Å². The van der Waals surface area contributed by atoms with Gasteiger partial charge in [0.1, 0.15) is 11.4 Å². The van der Waals surface area contributed by atoms with Gasteiger partial charge in [0.25, 0.3) is 0 Å². The summed E-state index contributed by atoms with van der Waals surface area (Å²) in [5.41, 5.74) is 3.11. The molecule has 4 rings (SSSR count). The van der Waals surface area contributed by atoms with Gasteiger partial charge in [-0.1, -0.05) is 23.7 Å². The molecule has 1 aromatic carbocycles. The van der Waals surface area contributed by atoms with Crippen molar-refractivity contribution in [3.05, 3.63) is 35.0 Å². The number of fused-ring (bicyclic) bond motifs is 1. The number of halogens is 1. The zero-order valence-electron chi connectivity index (χ0n) is 12.4. The topological polar surface area (TPSA) is 56.8 Å². The van der Waals surface area contributed by atoms with Crippen LogP contribution in [0.15, 0.2) is 24.3 Å². The van der Waals surface area contributed by atoms with Crippen LogP contribution in [0.2, 0.25) is 5.02 Å². The van der Waals surface area contributed by atoms with Crippen LogP contribution < -0.4 is 5.32 Å². The minimum Gasteiger partial charge on any atom is -0.314 e. The summed E-state index contributed by atoms with van der Waals surface area (Å²) in [6.07, 6.45) is 3.68. The molecule has 0 spiro atoms. The van der Waals surface area contributed by atoms with Crippen LogP contribution >= 0.6 is 11.6 Å². The van der Waals surface area contributed by atoms with E-state index in [4.69, 9.17) is 11.6 Å². The van der Waals surface area contributed by atoms with Crippen molar-refractivity contribution in [1.82, 2.24) is 25.6 Å². The van der Waals surface area contributed by atoms with Crippen LogP contribution in [-0.2, 0) is 0 Å². The van der Waals surface area contributed by atoms with Crippen LogP contribution in [0.1, 0.15) is 31.0 Å². The van der Waals surface area contributed by atoms with Gasteiger partial charge in [-0.15, -0.1) is 0 Å². The molecule has 3 heterocycles. The average molecular weight is 318 g/mol. The third kappa shape index (κ3) is 2.53. The van der Waals surface area contributed by atoms with E-state index >= 15 is 0 Å². The number of piperidine rings is 1. The SMILES string of the molecule is Clc1ccc(-c2n[nH]nc2[C@H]2CCC[C@H]3CNCCN32)cc1. The van der Waals surface area contributed by atoms with Gasteiger partial charge in [-0.05, 0) is 31.4 Å². The van der Waals surface area contributed by atoms with Crippen LogP contribution in [0.25, 0.3) is 11.3 Å². The fourth-order valence-corrected chi connectivity index (χ4v) is 3.88. The van der Waals surface area contributed by atoms with Crippen LogP contribution in [0.5, 0.6) is 0 Å². The van der Waals surface area contributed by atoms with Crippen molar-refractivity contribution in [2.75, 3.05) is 19.6 Å². The third-order valence-electron chi connectivity index (χ3n) is 4.82. The van der Waals surface area contributed by atoms with Crippen molar-refractivity contribution in [2.45, 2.75) is 31.3 Å². The number of nitrogens with one attached hydrogen (secondary N) is 2. The van der Waals surface area contributed by atoms with Gasteiger partial charge in [0.05, 0.1) is 6.04 Å². The number of hydrogen-bond acceptors (Lipinski definition) is 4. The second-order valence-corrected chi connectivity index (χ2v) is 6.54. The van der Waals surface area contributed by atoms with E-state index in [0.717, 1.165) is 48.0 Å². The molecule has 2 N–H and O–H groups in total. The molecule has 2 atom stereocenters. The summed E-state index contributed by atoms with van der Waals surface area (Å²) in [5.74, 6) is 0. The number of hydrogen-bond donors (Lipinski definition) is 2. The van der Waals surface area contributed by atoms with E-state index in [2.05, 4.69) is 25.6 Å². The Morgan fingerprint density at radius 3 is 2.86 bits per heavy atom. The Hall–Kier alpha value is -1.43. The standard InChI is InChI=1S/C16H20ClN5/c17-12-6-4-11(5-7-12)15-16(20-21-19-15)14-3-1-2-13-10-18-8-9-22(13)14/h4-7,13-14,18H,1-3,8-10H2,(H,19,20,21)/t13-,14+/m0/s1. The number of benzene rings is 1. The zero-order valence-corrected chi connectivity index (χ0v) is 13.2. The van der Waals surface area contributed by atoms with Crippen molar-refractivity contribution in [1.29, 1.82) is 0 Å². The lowest BCUT2D eigenvalue weighted by molar-refractivity contribution is 0.0600. The second kappa shape index (κ2) is 5.99. The summed E-state index contributed by atoms with van der Waals surface area (Å²) >= 11 is 5.99. The summed E-state index contributed by atoms with van der Waals surface area (Å²) in [7, 11) is 0. The van der Waals surface area contributed by atoms with Crippen LogP contribution in [0, 0.1) is 0 Å². The molecular weight excluding hydrogens is 298 g/mol. The Kier molecular flexibility index (Phi) is 3.86. The molecule has 2 aromatic rings. The van der Waals surface area contributed by atoms with Crippen molar-refractivity contribution < 1.29 is 0 Å². The molecule has 6 heteroatoms. The Morgan fingerprint density at radius 2 is 2.00 bits per heavy atom. The third-order valence-corrected chi connectivity index (χ3v) is 5.07. The normalized spacial score (nSPS) is 25.9. The first-order valence-electron chi connectivity index (χ1n) is 7.96. The van der Waals surface area contributed by atoms with E-state index in [0.29, 0.717) is 12.1 Å². The van der Waals surface area contributed by atoms with Gasteiger partial charge in [0.2, 0.25) is 0 Å². The first-order chi connectivity index (χ1) is 10.8. The molecule has 0 amide bonds. The van der Waals surface area contributed by atoms with E-state index in [-0.39, 0.29) is 0 Å². The Morgan fingerprint density at radius 1 is 1.14 bits per heavy atom. The van der Waals surface area contributed by atoms with Crippen molar-refractivity contribution >= 4 is 11.6 Å². The molecule has 0 radical (unpaired) electrons. The fraction of sp³-hybridized carbons (Fsp3) is 0.500. The Balaban J connectivity index is 1.68. The highest BCUT2D eigenvalue weighted by molar-refractivity contribution is 6.30. The molecule has 22 heavy (non-hydrogen) atoms. The monoisotopic (exact) mass is 317 g/mol. The minimum absolute atomic E-state index is 0.366. The Labute approximate surface area is 135 Å². The molecule has 0 bridgehead atoms. The van der Waals surface area contributed by atoms with Gasteiger partial charge >= 0.3 is 0 Å². The lowest BCUT2D eigenvalue weighted by Crippen LogP contribution is -2.54. The first kappa shape index (κ1) is 14.2. The van der Waals surface area contributed by atoms with E-state index in [1.807, 2.05) is 24.3 Å². The second-order valence-electron chi connectivity index (χ2n) is 6.11. The van der Waals surface area contributed by atoms with E-state index in [1.165, 1.54) is 12.8 Å². The summed E-state index contributed by atoms with van der Waals surface area (Å²) < 4.78 is 0. The van der Waals surface area contributed by atoms with Crippen LogP contribution in [0.3, 0.4) is 0 Å². The summed E-state index contributed by atoms with van der Waals surface area (Å²) in [5, 5.41) is 16.0. The molecule has 116 valence electrons. The number of H-pyrrole nitrogens is 1. The maximum Gasteiger partial charge on any atom is 0.117 e. The molecule has 2 saturated heterocycles. The fourth-order valence-electron chi connectivity index (χ4n) is 3.75. The van der Waals surface area contributed by atoms with E-state index < -0.39 is 0 Å².